The number of imide groups is 3. The average molecular weight is 1490 g/mol. The van der Waals surface area contributed by atoms with E-state index in [4.69, 9.17) is 0 Å². The van der Waals surface area contributed by atoms with Crippen molar-refractivity contribution in [3.63, 3.8) is 0 Å². The van der Waals surface area contributed by atoms with Crippen LogP contribution in [0.1, 0.15) is 226 Å². The fourth-order valence-corrected chi connectivity index (χ4v) is 10.6. The molecule has 512 valence electrons. The summed E-state index contributed by atoms with van der Waals surface area (Å²) in [6.45, 7) is 16.7. The molecule has 0 unspecified atom stereocenters. The van der Waals surface area contributed by atoms with E-state index in [1.807, 2.05) is 60.7 Å². The van der Waals surface area contributed by atoms with E-state index in [9.17, 15) is 62.3 Å². The number of nitrogens with zero attached hydrogens (tertiary/aromatic N) is 4. The number of hydrogen-bond acceptors (Lipinski definition) is 14. The molecule has 4 aliphatic rings. The second-order valence-corrected chi connectivity index (χ2v) is 21.1. The molecule has 0 fully saturated rings. The second-order valence-electron chi connectivity index (χ2n) is 21.1. The van der Waals surface area contributed by atoms with Gasteiger partial charge in [-0.15, -0.1) is 0 Å². The number of fused-ring (bicyclic) bond motifs is 5. The number of hydrogen-bond donors (Lipinski definition) is 0. The topological polar surface area (TPSA) is 235 Å². The van der Waals surface area contributed by atoms with Gasteiger partial charge in [-0.25, -0.2) is 0 Å². The quantitative estimate of drug-likeness (QED) is 0.0593. The van der Waals surface area contributed by atoms with E-state index < -0.39 is 35.2 Å². The summed E-state index contributed by atoms with van der Waals surface area (Å²) in [5.74, 6) is -3.90. The van der Waals surface area contributed by atoms with Gasteiger partial charge in [-0.3, -0.25) is 77.0 Å². The standard InChI is InChI=1S/C21H16N2O5.C20H15NO5.C14H8O2.C13H10O.C6H15N.2CH4.4CH3.2Y/c1-3-22-18(25)13-7-5-11(9-15(13)20(22)27)17(24)12-6-8-14-16(10-12)21(28)23(4-2)19(14)26;1-10(22)14-6-4-12(8-16(14)11(2)23)18(24)13-5-7-15-17(9-13)20(26)21(3)19(15)25;15-13-9-5-1-2-6-10(9)14(16)12-8-4-3-7-11(12)13;14-13(11-7-3-1-4-8-11)12-9-5-2-6-10-12;1-4-7(5-2)6-3;;;;;;;;/h5-10H,3-4H2,1-2H3;4-9H,1-3H3;1-8H;1-10H;4-6H2,1-3H3;2*1H4;4*1H3;;/q;;;;;;;4*-1;;. The molecule has 0 bridgehead atoms. The van der Waals surface area contributed by atoms with E-state index >= 15 is 0 Å². The Labute approximate surface area is 632 Å². The summed E-state index contributed by atoms with van der Waals surface area (Å²) >= 11 is 0. The summed E-state index contributed by atoms with van der Waals surface area (Å²) in [5, 5.41) is 0. The summed E-state index contributed by atoms with van der Waals surface area (Å²) in [4.78, 5) is 164. The van der Waals surface area contributed by atoms with Gasteiger partial charge in [0.1, 0.15) is 0 Å². The van der Waals surface area contributed by atoms with E-state index in [-0.39, 0.29) is 231 Å². The van der Waals surface area contributed by atoms with Gasteiger partial charge in [0.2, 0.25) is 0 Å². The normalized spacial score (nSPS) is 12.0. The number of carbonyl (C=O) groups is 13. The molecule has 0 spiro atoms. The predicted octanol–water partition coefficient (Wildman–Crippen LogP) is 14.5. The van der Waals surface area contributed by atoms with Crippen LogP contribution >= 0.6 is 0 Å². The molecule has 8 aromatic rings. The van der Waals surface area contributed by atoms with Crippen LogP contribution in [0.15, 0.2) is 182 Å². The fraction of sp³-hybridized carbons (Fsp3) is 0.188. The van der Waals surface area contributed by atoms with Crippen molar-refractivity contribution in [2.75, 3.05) is 39.8 Å². The van der Waals surface area contributed by atoms with E-state index in [0.29, 0.717) is 22.3 Å². The molecule has 12 rings (SSSR count). The summed E-state index contributed by atoms with van der Waals surface area (Å²) < 4.78 is 0. The van der Waals surface area contributed by atoms with E-state index in [1.54, 1.807) is 62.4 Å². The monoisotopic (exact) mass is 1490 g/mol. The Morgan fingerprint density at radius 3 is 0.879 bits per heavy atom. The first kappa shape index (κ1) is 90.0. The number of ketones is 7. The summed E-state index contributed by atoms with van der Waals surface area (Å²) in [7, 11) is 1.38. The second kappa shape index (κ2) is 40.2. The van der Waals surface area contributed by atoms with Crippen LogP contribution in [0.4, 0.5) is 0 Å². The molecule has 99 heavy (non-hydrogen) atoms. The Balaban J connectivity index is 0.00000125. The Kier molecular flexibility index (Phi) is 36.6. The van der Waals surface area contributed by atoms with Gasteiger partial charge in [0.25, 0.3) is 35.4 Å². The Morgan fingerprint density at radius 2 is 0.576 bits per heavy atom. The van der Waals surface area contributed by atoms with Crippen molar-refractivity contribution in [1.82, 2.24) is 19.6 Å². The van der Waals surface area contributed by atoms with Gasteiger partial charge in [0.15, 0.2) is 40.5 Å². The zero-order valence-corrected chi connectivity index (χ0v) is 62.3. The predicted molar refractivity (Wildman–Crippen MR) is 380 cm³/mol. The van der Waals surface area contributed by atoms with Crippen LogP contribution in [0.5, 0.6) is 0 Å². The maximum atomic E-state index is 12.9. The van der Waals surface area contributed by atoms with Crippen molar-refractivity contribution in [3.8, 4) is 0 Å². The van der Waals surface area contributed by atoms with Gasteiger partial charge in [0.05, 0.1) is 33.4 Å². The van der Waals surface area contributed by atoms with Gasteiger partial charge in [-0.05, 0) is 95.9 Å². The molecule has 6 amide bonds. The smallest absolute Gasteiger partial charge is 0.261 e. The Bertz CT molecular complexity index is 4090. The number of rotatable bonds is 13. The van der Waals surface area contributed by atoms with Crippen molar-refractivity contribution >= 4 is 75.9 Å². The zero-order valence-electron chi connectivity index (χ0n) is 56.6. The van der Waals surface area contributed by atoms with E-state index in [0.717, 1.165) is 25.8 Å². The molecule has 0 saturated heterocycles. The van der Waals surface area contributed by atoms with E-state index in [1.165, 1.54) is 113 Å². The van der Waals surface area contributed by atoms with Gasteiger partial charge >= 0.3 is 0 Å². The minimum Gasteiger partial charge on any atom is -0.358 e. The largest absolute Gasteiger partial charge is 0.358 e. The third-order valence-corrected chi connectivity index (χ3v) is 15.7. The maximum absolute atomic E-state index is 12.9. The molecule has 1 aliphatic carbocycles. The molecule has 0 N–H and O–H groups in total. The number of Topliss-reactive ketones (excluding diaryl/α,β-unsaturated/α-hetero) is 2. The molecular weight excluding hydrogens is 1400 g/mol. The SMILES string of the molecule is C.C.CC(=O)c1ccc(C(=O)c2ccc3c(c2)C(=O)N(C)C3=O)cc1C(C)=O.CCN(CC)CC.CCN1C(=O)c2ccc(C(=O)c3ccc4c(c3)C(=O)N(CC)C4=O)cc2C1=O.O=C(c1ccccc1)c1ccccc1.O=C1c2ccccc2C(=O)c2ccccc21.[CH3-].[CH3-].[CH3-].[CH3-].[Y].[Y]. The molecule has 3 heterocycles. The van der Waals surface area contributed by atoms with Gasteiger partial charge in [-0.2, -0.15) is 0 Å². The summed E-state index contributed by atoms with van der Waals surface area (Å²) in [6.07, 6.45) is 0. The van der Waals surface area contributed by atoms with Crippen LogP contribution < -0.4 is 0 Å². The number of amides is 6. The van der Waals surface area contributed by atoms with Crippen LogP contribution in [-0.2, 0) is 65.4 Å². The average Bonchev–Trinajstić information content (AvgIpc) is 1.62. The first-order chi connectivity index (χ1) is 43.6. The molecule has 2 radical (unpaired) electrons. The van der Waals surface area contributed by atoms with Crippen molar-refractivity contribution in [1.29, 1.82) is 0 Å². The van der Waals surface area contributed by atoms with Crippen LogP contribution in [-0.4, -0.2) is 135 Å². The third-order valence-electron chi connectivity index (χ3n) is 15.7. The van der Waals surface area contributed by atoms with Crippen molar-refractivity contribution < 1.29 is 128 Å². The third kappa shape index (κ3) is 19.3. The number of benzene rings is 8. The molecule has 19 heteroatoms. The minimum atomic E-state index is -0.462. The molecule has 8 aromatic carbocycles. The molecule has 0 aromatic heterocycles. The summed E-state index contributed by atoms with van der Waals surface area (Å²) in [6, 6.07) is 49.9. The van der Waals surface area contributed by atoms with Crippen LogP contribution in [0, 0.1) is 29.7 Å². The Morgan fingerprint density at radius 1 is 0.313 bits per heavy atom. The fourth-order valence-electron chi connectivity index (χ4n) is 10.6. The molecular formula is C80H84N4O13Y2-4. The van der Waals surface area contributed by atoms with Crippen molar-refractivity contribution in [2.45, 2.75) is 63.3 Å². The van der Waals surface area contributed by atoms with Gasteiger partial charge in [0, 0.05) is 152 Å². The Hall–Kier alpha value is -8.96. The molecule has 0 atom stereocenters. The van der Waals surface area contributed by atoms with Crippen molar-refractivity contribution in [2.24, 2.45) is 0 Å². The van der Waals surface area contributed by atoms with Crippen molar-refractivity contribution in [3.05, 3.63) is 312 Å². The van der Waals surface area contributed by atoms with E-state index in [2.05, 4.69) is 25.7 Å². The zero-order chi connectivity index (χ0) is 66.0. The molecule has 0 saturated carbocycles. The van der Waals surface area contributed by atoms with Crippen LogP contribution in [0.3, 0.4) is 0 Å². The number of carbonyl (C=O) groups excluding carboxylic acids is 13. The minimum absolute atomic E-state index is 0. The first-order valence-electron chi connectivity index (χ1n) is 29.5. The van der Waals surface area contributed by atoms with Gasteiger partial charge in [-0.1, -0.05) is 169 Å². The first-order valence-corrected chi connectivity index (χ1v) is 29.5. The van der Waals surface area contributed by atoms with Crippen LogP contribution in [0.2, 0.25) is 0 Å². The van der Waals surface area contributed by atoms with Gasteiger partial charge < -0.3 is 34.6 Å². The maximum Gasteiger partial charge on any atom is 0.261 e. The van der Waals surface area contributed by atoms with Crippen LogP contribution in [0.25, 0.3) is 0 Å². The molecule has 17 nitrogen and oxygen atoms in total. The summed E-state index contributed by atoms with van der Waals surface area (Å²) in [5.41, 5.74) is 6.23. The molecule has 3 aliphatic heterocycles.